The fourth-order valence-electron chi connectivity index (χ4n) is 4.93. The Kier molecular flexibility index (Phi) is 6.70. The van der Waals surface area contributed by atoms with Gasteiger partial charge in [0.05, 0.1) is 24.8 Å². The highest BCUT2D eigenvalue weighted by Crippen LogP contribution is 2.35. The van der Waals surface area contributed by atoms with Gasteiger partial charge in [0.2, 0.25) is 5.91 Å². The second kappa shape index (κ2) is 10.2. The van der Waals surface area contributed by atoms with Crippen molar-refractivity contribution < 1.29 is 14.3 Å². The molecular formula is C29H31N3O3. The van der Waals surface area contributed by atoms with E-state index < -0.39 is 0 Å². The molecule has 2 heterocycles. The number of fused-ring (bicyclic) bond motifs is 1. The third kappa shape index (κ3) is 4.74. The van der Waals surface area contributed by atoms with E-state index in [0.717, 1.165) is 53.4 Å². The first kappa shape index (κ1) is 23.0. The zero-order valence-electron chi connectivity index (χ0n) is 20.3. The van der Waals surface area contributed by atoms with Gasteiger partial charge in [-0.1, -0.05) is 43.3 Å². The molecule has 180 valence electrons. The van der Waals surface area contributed by atoms with E-state index in [0.29, 0.717) is 19.6 Å². The summed E-state index contributed by atoms with van der Waals surface area (Å²) in [5.41, 5.74) is 4.29. The van der Waals surface area contributed by atoms with Gasteiger partial charge in [0, 0.05) is 37.2 Å². The van der Waals surface area contributed by atoms with Gasteiger partial charge in [0.25, 0.3) is 0 Å². The molecular weight excluding hydrogens is 438 g/mol. The smallest absolute Gasteiger partial charge is 0.227 e. The highest BCUT2D eigenvalue weighted by Gasteiger charge is 2.35. The fraction of sp³-hybridized carbons (Fsp3) is 0.310. The molecule has 6 nitrogen and oxygen atoms in total. The van der Waals surface area contributed by atoms with Crippen LogP contribution < -0.4 is 14.4 Å². The number of benzene rings is 3. The van der Waals surface area contributed by atoms with E-state index in [2.05, 4.69) is 29.7 Å². The average molecular weight is 470 g/mol. The number of carbonyl (C=O) groups excluding carboxylic acids is 1. The number of para-hydroxylation sites is 3. The van der Waals surface area contributed by atoms with Gasteiger partial charge < -0.3 is 18.9 Å². The lowest BCUT2D eigenvalue weighted by molar-refractivity contribution is -0.117. The Morgan fingerprint density at radius 1 is 1.00 bits per heavy atom. The fourth-order valence-corrected chi connectivity index (χ4v) is 4.93. The van der Waals surface area contributed by atoms with Gasteiger partial charge >= 0.3 is 0 Å². The topological polar surface area (TPSA) is 56.6 Å². The quantitative estimate of drug-likeness (QED) is 0.300. The maximum absolute atomic E-state index is 13.1. The van der Waals surface area contributed by atoms with Gasteiger partial charge in [-0.3, -0.25) is 4.79 Å². The van der Waals surface area contributed by atoms with Crippen LogP contribution in [0.5, 0.6) is 11.5 Å². The number of aromatic nitrogens is 2. The molecule has 0 N–H and O–H groups in total. The summed E-state index contributed by atoms with van der Waals surface area (Å²) in [5, 5.41) is 0. The lowest BCUT2D eigenvalue weighted by Crippen LogP contribution is -2.25. The Hall–Kier alpha value is -3.80. The van der Waals surface area contributed by atoms with Crippen molar-refractivity contribution >= 4 is 22.6 Å². The van der Waals surface area contributed by atoms with Crippen molar-refractivity contribution in [1.82, 2.24) is 9.55 Å². The monoisotopic (exact) mass is 469 g/mol. The van der Waals surface area contributed by atoms with Crippen molar-refractivity contribution in [3.63, 3.8) is 0 Å². The van der Waals surface area contributed by atoms with Crippen molar-refractivity contribution in [2.24, 2.45) is 0 Å². The zero-order valence-corrected chi connectivity index (χ0v) is 20.3. The SMILES string of the molecule is CCc1ccccc1N1CC(c2nc3ccccc3n2CCCOc2cccc(OC)c2)CC1=O. The number of imidazole rings is 1. The number of aryl methyl sites for hydroxylation is 2. The number of hydrogen-bond acceptors (Lipinski definition) is 4. The molecule has 1 unspecified atom stereocenters. The van der Waals surface area contributed by atoms with Crippen LogP contribution in [0, 0.1) is 0 Å². The largest absolute Gasteiger partial charge is 0.497 e. The molecule has 1 aliphatic rings. The Morgan fingerprint density at radius 3 is 2.66 bits per heavy atom. The van der Waals surface area contributed by atoms with Gasteiger partial charge in [0.15, 0.2) is 0 Å². The Balaban J connectivity index is 1.34. The summed E-state index contributed by atoms with van der Waals surface area (Å²) in [6.45, 7) is 4.14. The molecule has 1 aromatic heterocycles. The van der Waals surface area contributed by atoms with Gasteiger partial charge in [-0.15, -0.1) is 0 Å². The number of rotatable bonds is 9. The van der Waals surface area contributed by atoms with Crippen LogP contribution in [0.3, 0.4) is 0 Å². The van der Waals surface area contributed by atoms with Crippen molar-refractivity contribution in [3.05, 3.63) is 84.2 Å². The van der Waals surface area contributed by atoms with E-state index in [1.807, 2.05) is 59.5 Å². The molecule has 1 atom stereocenters. The van der Waals surface area contributed by atoms with Crippen LogP contribution >= 0.6 is 0 Å². The van der Waals surface area contributed by atoms with E-state index in [1.165, 1.54) is 5.56 Å². The number of anilines is 1. The number of hydrogen-bond donors (Lipinski definition) is 0. The summed E-state index contributed by atoms with van der Waals surface area (Å²) < 4.78 is 13.5. The third-order valence-electron chi connectivity index (χ3n) is 6.67. The van der Waals surface area contributed by atoms with Gasteiger partial charge in [-0.25, -0.2) is 4.98 Å². The van der Waals surface area contributed by atoms with Crippen LogP contribution in [0.4, 0.5) is 5.69 Å². The van der Waals surface area contributed by atoms with Crippen LogP contribution in [0.15, 0.2) is 72.8 Å². The van der Waals surface area contributed by atoms with E-state index in [4.69, 9.17) is 14.5 Å². The van der Waals surface area contributed by atoms with Crippen LogP contribution in [0.1, 0.15) is 37.1 Å². The molecule has 0 spiro atoms. The van der Waals surface area contributed by atoms with Crippen LogP contribution in [0.25, 0.3) is 11.0 Å². The van der Waals surface area contributed by atoms with Gasteiger partial charge in [-0.05, 0) is 48.7 Å². The number of amides is 1. The molecule has 1 saturated heterocycles. The minimum Gasteiger partial charge on any atom is -0.497 e. The molecule has 0 bridgehead atoms. The average Bonchev–Trinajstić information content (AvgIpc) is 3.47. The highest BCUT2D eigenvalue weighted by atomic mass is 16.5. The highest BCUT2D eigenvalue weighted by molar-refractivity contribution is 5.97. The second-order valence-electron chi connectivity index (χ2n) is 8.88. The maximum atomic E-state index is 13.1. The lowest BCUT2D eigenvalue weighted by atomic mass is 10.1. The number of methoxy groups -OCH3 is 1. The molecule has 0 saturated carbocycles. The van der Waals surface area contributed by atoms with Crippen LogP contribution in [-0.4, -0.2) is 35.7 Å². The lowest BCUT2D eigenvalue weighted by Gasteiger charge is -2.20. The molecule has 0 radical (unpaired) electrons. The second-order valence-corrected chi connectivity index (χ2v) is 8.88. The minimum absolute atomic E-state index is 0.0547. The normalized spacial score (nSPS) is 15.7. The van der Waals surface area contributed by atoms with Crippen molar-refractivity contribution in [2.75, 3.05) is 25.2 Å². The number of carbonyl (C=O) groups is 1. The van der Waals surface area contributed by atoms with Crippen molar-refractivity contribution in [1.29, 1.82) is 0 Å². The van der Waals surface area contributed by atoms with E-state index in [-0.39, 0.29) is 11.8 Å². The first-order valence-corrected chi connectivity index (χ1v) is 12.3. The summed E-state index contributed by atoms with van der Waals surface area (Å²) >= 11 is 0. The van der Waals surface area contributed by atoms with E-state index in [1.54, 1.807) is 7.11 Å². The van der Waals surface area contributed by atoms with Crippen molar-refractivity contribution in [2.45, 2.75) is 38.6 Å². The number of nitrogens with zero attached hydrogens (tertiary/aromatic N) is 3. The van der Waals surface area contributed by atoms with E-state index in [9.17, 15) is 4.79 Å². The zero-order chi connectivity index (χ0) is 24.2. The Morgan fingerprint density at radius 2 is 1.80 bits per heavy atom. The van der Waals surface area contributed by atoms with Gasteiger partial charge in [-0.2, -0.15) is 0 Å². The van der Waals surface area contributed by atoms with Gasteiger partial charge in [0.1, 0.15) is 17.3 Å². The summed E-state index contributed by atoms with van der Waals surface area (Å²) in [5.74, 6) is 2.78. The first-order chi connectivity index (χ1) is 17.2. The molecule has 35 heavy (non-hydrogen) atoms. The standard InChI is InChI=1S/C29H31N3O3/c1-3-21-10-4-6-14-26(21)32-20-22(18-28(32)33)29-30-25-13-5-7-15-27(25)31(29)16-9-17-35-24-12-8-11-23(19-24)34-2/h4-8,10-15,19,22H,3,9,16-18,20H2,1-2H3. The molecule has 1 fully saturated rings. The third-order valence-corrected chi connectivity index (χ3v) is 6.67. The first-order valence-electron chi connectivity index (χ1n) is 12.3. The predicted octanol–water partition coefficient (Wildman–Crippen LogP) is 5.60. The minimum atomic E-state index is 0.0547. The molecule has 1 aliphatic heterocycles. The van der Waals surface area contributed by atoms with Crippen LogP contribution in [0.2, 0.25) is 0 Å². The summed E-state index contributed by atoms with van der Waals surface area (Å²) in [6.07, 6.45) is 2.20. The van der Waals surface area contributed by atoms with E-state index >= 15 is 0 Å². The van der Waals surface area contributed by atoms with Crippen molar-refractivity contribution in [3.8, 4) is 11.5 Å². The molecule has 3 aromatic carbocycles. The summed E-state index contributed by atoms with van der Waals surface area (Å²) in [6, 6.07) is 24.1. The molecule has 5 rings (SSSR count). The summed E-state index contributed by atoms with van der Waals surface area (Å²) in [7, 11) is 1.65. The molecule has 4 aromatic rings. The Bertz CT molecular complexity index is 1330. The maximum Gasteiger partial charge on any atom is 0.227 e. The van der Waals surface area contributed by atoms with Crippen LogP contribution in [-0.2, 0) is 17.8 Å². The summed E-state index contributed by atoms with van der Waals surface area (Å²) in [4.78, 5) is 20.0. The predicted molar refractivity (Wildman–Crippen MR) is 138 cm³/mol. The Labute approximate surface area is 206 Å². The molecule has 1 amide bonds. The number of ether oxygens (including phenoxy) is 2. The molecule has 0 aliphatic carbocycles. The molecule has 6 heteroatoms.